The van der Waals surface area contributed by atoms with E-state index in [-0.39, 0.29) is 47.4 Å². The van der Waals surface area contributed by atoms with Crippen molar-refractivity contribution in [3.8, 4) is 5.75 Å². The van der Waals surface area contributed by atoms with Crippen molar-refractivity contribution in [3.05, 3.63) is 65.0 Å². The maximum atomic E-state index is 14.8. The van der Waals surface area contributed by atoms with Gasteiger partial charge in [-0.25, -0.2) is 9.18 Å². The number of nitrogen functional groups attached to an aromatic ring is 1. The van der Waals surface area contributed by atoms with Crippen LogP contribution >= 0.6 is 11.6 Å². The van der Waals surface area contributed by atoms with E-state index in [0.717, 1.165) is 18.2 Å². The van der Waals surface area contributed by atoms with Gasteiger partial charge in [-0.15, -0.1) is 11.6 Å². The Morgan fingerprint density at radius 1 is 0.940 bits per heavy atom. The molecule has 0 bridgehead atoms. The quantitative estimate of drug-likeness (QED) is 0.0742. The summed E-state index contributed by atoms with van der Waals surface area (Å²) in [5.74, 6) is -2.11. The van der Waals surface area contributed by atoms with Gasteiger partial charge in [0, 0.05) is 69.4 Å². The van der Waals surface area contributed by atoms with Gasteiger partial charge in [-0.1, -0.05) is 26.0 Å². The highest BCUT2D eigenvalue weighted by Crippen LogP contribution is 2.26. The third kappa shape index (κ3) is 18.5. The predicted molar refractivity (Wildman–Crippen MR) is 198 cm³/mol. The lowest BCUT2D eigenvalue weighted by Crippen LogP contribution is -2.30. The zero-order valence-electron chi connectivity index (χ0n) is 31.7. The Morgan fingerprint density at radius 3 is 1.88 bits per heavy atom. The van der Waals surface area contributed by atoms with Gasteiger partial charge in [-0.3, -0.25) is 15.0 Å². The van der Waals surface area contributed by atoms with Gasteiger partial charge in [0.25, 0.3) is 5.91 Å². The fraction of sp³-hybridized carbons (Fsp3) is 0.500. The monoisotopic (exact) mass is 726 g/mol. The minimum atomic E-state index is -0.886. The van der Waals surface area contributed by atoms with Gasteiger partial charge >= 0.3 is 6.16 Å². The average molecular weight is 727 g/mol. The number of halogens is 2. The molecule has 0 spiro atoms. The minimum Gasteiger partial charge on any atom is -0.488 e. The van der Waals surface area contributed by atoms with E-state index in [0.29, 0.717) is 11.1 Å². The van der Waals surface area contributed by atoms with Crippen molar-refractivity contribution in [2.75, 3.05) is 53.6 Å². The molecule has 0 aliphatic rings. The van der Waals surface area contributed by atoms with E-state index in [1.807, 2.05) is 34.6 Å². The standard InChI is InChI=1S/C28H35FN4O7.C5H12O.C2H6.CH3Cl/c1-28(2,3)40-27(36)39-15-18(37-6)14-38-24-13-22(31)19(11-20(24)29)25(32)23(34)12-21(30)16-7-9-17(10-8-16)26(35)33(4)5;1-5(2,3)6-4;2*1-2/h7-13,18,32H,14-15,30-31H2,1-6H3;1-4H3;1-2H3;1H3/b21-12-,32-25?;;;. The number of amides is 1. The van der Waals surface area contributed by atoms with Crippen LogP contribution < -0.4 is 16.2 Å². The summed E-state index contributed by atoms with van der Waals surface area (Å²) in [5, 5.41) is 8.23. The zero-order valence-corrected chi connectivity index (χ0v) is 32.4. The number of nitrogens with two attached hydrogens (primary N) is 2. The number of hydrogen-bond acceptors (Lipinski definition) is 11. The van der Waals surface area contributed by atoms with Gasteiger partial charge in [-0.2, -0.15) is 0 Å². The van der Waals surface area contributed by atoms with Crippen molar-refractivity contribution in [1.29, 1.82) is 5.41 Å². The third-order valence-corrected chi connectivity index (χ3v) is 5.92. The smallest absolute Gasteiger partial charge is 0.488 e. The highest BCUT2D eigenvalue weighted by molar-refractivity contribution is 6.50. The average Bonchev–Trinajstić information content (AvgIpc) is 3.06. The second-order valence-corrected chi connectivity index (χ2v) is 12.2. The summed E-state index contributed by atoms with van der Waals surface area (Å²) < 4.78 is 40.4. The SMILES string of the molecule is CC.CCl.COC(C)(C)C.COC(COC(=O)OC(C)(C)C)COc1cc(N)c(C(=N)C(=O)/C=C(\N)c2ccc(C(=O)N(C)C)cc2)cc1F. The van der Waals surface area contributed by atoms with Crippen molar-refractivity contribution in [2.24, 2.45) is 5.73 Å². The number of nitrogens with one attached hydrogen (secondary N) is 1. The Kier molecular flexibility index (Phi) is 22.3. The number of carbonyl (C=O) groups excluding carboxylic acids is 3. The van der Waals surface area contributed by atoms with Gasteiger partial charge in [0.2, 0.25) is 5.78 Å². The Balaban J connectivity index is 0. The molecule has 282 valence electrons. The van der Waals surface area contributed by atoms with Crippen LogP contribution in [0.15, 0.2) is 42.5 Å². The summed E-state index contributed by atoms with van der Waals surface area (Å²) in [5.41, 5.74) is 11.5. The normalized spacial score (nSPS) is 11.5. The molecule has 0 saturated heterocycles. The maximum Gasteiger partial charge on any atom is 0.508 e. The third-order valence-electron chi connectivity index (χ3n) is 5.92. The molecule has 1 atom stereocenters. The Morgan fingerprint density at radius 2 is 1.44 bits per heavy atom. The first-order chi connectivity index (χ1) is 23.2. The summed E-state index contributed by atoms with van der Waals surface area (Å²) in [6, 6.07) is 8.34. The molecule has 0 heterocycles. The van der Waals surface area contributed by atoms with Crippen LogP contribution in [-0.2, 0) is 23.7 Å². The fourth-order valence-corrected chi connectivity index (χ4v) is 3.20. The summed E-state index contributed by atoms with van der Waals surface area (Å²) in [7, 11) is 6.33. The van der Waals surface area contributed by atoms with E-state index in [2.05, 4.69) is 11.6 Å². The van der Waals surface area contributed by atoms with Gasteiger partial charge in [0.05, 0.1) is 5.60 Å². The molecule has 2 rings (SSSR count). The van der Waals surface area contributed by atoms with Crippen molar-refractivity contribution in [1.82, 2.24) is 4.90 Å². The Labute approximate surface area is 301 Å². The number of rotatable bonds is 11. The lowest BCUT2D eigenvalue weighted by molar-refractivity contribution is -0.108. The fourth-order valence-electron chi connectivity index (χ4n) is 3.20. The Bertz CT molecular complexity index is 1400. The molecular weight excluding hydrogens is 671 g/mol. The number of ketones is 1. The second-order valence-electron chi connectivity index (χ2n) is 12.2. The predicted octanol–water partition coefficient (Wildman–Crippen LogP) is 6.70. The molecule has 1 unspecified atom stereocenters. The summed E-state index contributed by atoms with van der Waals surface area (Å²) in [4.78, 5) is 37.9. The van der Waals surface area contributed by atoms with Crippen molar-refractivity contribution in [3.63, 3.8) is 0 Å². The van der Waals surface area contributed by atoms with Crippen molar-refractivity contribution in [2.45, 2.75) is 72.7 Å². The minimum absolute atomic E-state index is 0.0417. The summed E-state index contributed by atoms with van der Waals surface area (Å²) in [6.07, 6.45) is 0.875. The molecule has 0 radical (unpaired) electrons. The molecule has 0 fully saturated rings. The molecule has 0 saturated carbocycles. The molecule has 1 amide bonds. The van der Waals surface area contributed by atoms with E-state index in [9.17, 15) is 18.8 Å². The van der Waals surface area contributed by atoms with E-state index in [1.165, 1.54) is 18.4 Å². The van der Waals surface area contributed by atoms with Crippen LogP contribution in [0.4, 0.5) is 14.9 Å². The lowest BCUT2D eigenvalue weighted by Gasteiger charge is -2.21. The van der Waals surface area contributed by atoms with Gasteiger partial charge in [0.1, 0.15) is 30.6 Å². The van der Waals surface area contributed by atoms with Crippen LogP contribution in [0.1, 0.15) is 76.9 Å². The van der Waals surface area contributed by atoms with Crippen molar-refractivity contribution >= 4 is 46.5 Å². The molecule has 5 N–H and O–H groups in total. The van der Waals surface area contributed by atoms with E-state index in [1.54, 1.807) is 66.2 Å². The number of methoxy groups -OCH3 is 2. The second kappa shape index (κ2) is 23.2. The highest BCUT2D eigenvalue weighted by atomic mass is 35.5. The largest absolute Gasteiger partial charge is 0.508 e. The first kappa shape index (κ1) is 47.9. The molecule has 12 nitrogen and oxygen atoms in total. The van der Waals surface area contributed by atoms with Crippen LogP contribution in [-0.4, -0.2) is 93.7 Å². The van der Waals surface area contributed by atoms with Crippen LogP contribution in [0.2, 0.25) is 0 Å². The number of allylic oxidation sites excluding steroid dienone is 1. The van der Waals surface area contributed by atoms with Gasteiger partial charge < -0.3 is 40.1 Å². The molecule has 14 heteroatoms. The van der Waals surface area contributed by atoms with E-state index < -0.39 is 35.2 Å². The molecular formula is C36H56ClFN4O8. The number of ether oxygens (including phenoxy) is 5. The topological polar surface area (TPSA) is 176 Å². The zero-order chi connectivity index (χ0) is 39.4. The molecule has 0 aliphatic carbocycles. The summed E-state index contributed by atoms with van der Waals surface area (Å²) in [6.45, 7) is 14.7. The number of hydrogen-bond donors (Lipinski definition) is 3. The molecule has 2 aromatic carbocycles. The van der Waals surface area contributed by atoms with Crippen LogP contribution in [0.5, 0.6) is 5.75 Å². The van der Waals surface area contributed by atoms with E-state index in [4.69, 9.17) is 40.6 Å². The number of carbonyl (C=O) groups is 3. The van der Waals surface area contributed by atoms with Gasteiger partial charge in [0.15, 0.2) is 11.6 Å². The van der Waals surface area contributed by atoms with Crippen molar-refractivity contribution < 1.29 is 42.5 Å². The van der Waals surface area contributed by atoms with E-state index >= 15 is 0 Å². The van der Waals surface area contributed by atoms with Crippen LogP contribution in [0.25, 0.3) is 5.70 Å². The Hall–Kier alpha value is -4.20. The number of alkyl halides is 1. The number of anilines is 1. The number of benzene rings is 2. The first-order valence-electron chi connectivity index (χ1n) is 15.6. The first-order valence-corrected chi connectivity index (χ1v) is 16.4. The lowest BCUT2D eigenvalue weighted by atomic mass is 10.0. The van der Waals surface area contributed by atoms with Gasteiger partial charge in [-0.05, 0) is 65.3 Å². The van der Waals surface area contributed by atoms with Crippen LogP contribution in [0, 0.1) is 11.2 Å². The van der Waals surface area contributed by atoms with Crippen LogP contribution in [0.3, 0.4) is 0 Å². The maximum absolute atomic E-state index is 14.8. The highest BCUT2D eigenvalue weighted by Gasteiger charge is 2.21. The number of nitrogens with zero attached hydrogens (tertiary/aromatic N) is 1. The summed E-state index contributed by atoms with van der Waals surface area (Å²) >= 11 is 4.64. The molecule has 2 aromatic rings. The molecule has 0 aromatic heterocycles. The molecule has 50 heavy (non-hydrogen) atoms. The molecule has 0 aliphatic heterocycles.